The second kappa shape index (κ2) is 3.84. The molecule has 12 heavy (non-hydrogen) atoms. The minimum absolute atomic E-state index is 0.678. The van der Waals surface area contributed by atoms with Gasteiger partial charge in [0.2, 0.25) is 0 Å². The van der Waals surface area contributed by atoms with Crippen LogP contribution in [0.1, 0.15) is 0 Å². The van der Waals surface area contributed by atoms with E-state index in [0.29, 0.717) is 6.23 Å². The number of hydrogen-bond donors (Lipinski definition) is 1. The van der Waals surface area contributed by atoms with Crippen molar-refractivity contribution in [2.24, 2.45) is 5.90 Å². The first-order valence-electron chi connectivity index (χ1n) is 4.04. The molecule has 0 aliphatic heterocycles. The van der Waals surface area contributed by atoms with E-state index in [1.54, 1.807) is 0 Å². The van der Waals surface area contributed by atoms with E-state index in [2.05, 4.69) is 37.4 Å². The van der Waals surface area contributed by atoms with E-state index < -0.39 is 8.07 Å². The van der Waals surface area contributed by atoms with Crippen molar-refractivity contribution in [2.45, 2.75) is 13.1 Å². The zero-order valence-corrected chi connectivity index (χ0v) is 8.58. The summed E-state index contributed by atoms with van der Waals surface area (Å²) in [4.78, 5) is 4.72. The Balaban J connectivity index is 2.82. The average molecular weight is 181 g/mol. The maximum absolute atomic E-state index is 5.09. The second-order valence-corrected chi connectivity index (χ2v) is 8.19. The third kappa shape index (κ3) is 2.17. The summed E-state index contributed by atoms with van der Waals surface area (Å²) < 4.78 is 0. The van der Waals surface area contributed by atoms with E-state index in [-0.39, 0.29) is 0 Å². The van der Waals surface area contributed by atoms with Gasteiger partial charge in [0.1, 0.15) is 8.07 Å². The van der Waals surface area contributed by atoms with Gasteiger partial charge in [0, 0.05) is 0 Å². The lowest BCUT2D eigenvalue weighted by Gasteiger charge is -2.20. The van der Waals surface area contributed by atoms with E-state index in [1.165, 1.54) is 5.19 Å². The van der Waals surface area contributed by atoms with Crippen LogP contribution in [0, 0.1) is 0 Å². The second-order valence-electron chi connectivity index (χ2n) is 3.56. The van der Waals surface area contributed by atoms with E-state index in [4.69, 9.17) is 10.7 Å². The summed E-state index contributed by atoms with van der Waals surface area (Å²) in [7, 11) is -1.43. The van der Waals surface area contributed by atoms with Gasteiger partial charge in [0.25, 0.3) is 0 Å². The number of nitrogens with two attached hydrogens (primary N) is 1. The van der Waals surface area contributed by atoms with E-state index in [0.717, 1.165) is 0 Å². The molecule has 2 N–H and O–H groups in total. The summed E-state index contributed by atoms with van der Waals surface area (Å²) in [5.74, 6) is 5.09. The van der Waals surface area contributed by atoms with Crippen molar-refractivity contribution >= 4 is 13.3 Å². The van der Waals surface area contributed by atoms with Gasteiger partial charge in [-0.3, -0.25) is 0 Å². The summed E-state index contributed by atoms with van der Waals surface area (Å²) in [6.45, 7) is 4.49. The molecule has 0 aliphatic carbocycles. The van der Waals surface area contributed by atoms with Crippen molar-refractivity contribution in [1.29, 1.82) is 0 Å². The number of rotatable bonds is 3. The van der Waals surface area contributed by atoms with Gasteiger partial charge < -0.3 is 4.84 Å². The van der Waals surface area contributed by atoms with E-state index in [9.17, 15) is 0 Å². The van der Waals surface area contributed by atoms with Crippen LogP contribution in [-0.4, -0.2) is 14.3 Å². The van der Waals surface area contributed by atoms with Crippen molar-refractivity contribution < 1.29 is 4.84 Å². The van der Waals surface area contributed by atoms with Crippen molar-refractivity contribution in [1.82, 2.24) is 0 Å². The molecule has 1 rings (SSSR count). The molecule has 0 aromatic heterocycles. The molecular formula is C9H15NOSi. The Hall–Kier alpha value is -0.643. The Labute approximate surface area is 74.3 Å². The highest BCUT2D eigenvalue weighted by Crippen LogP contribution is 2.02. The summed E-state index contributed by atoms with van der Waals surface area (Å²) in [6, 6.07) is 10.4. The summed E-state index contributed by atoms with van der Waals surface area (Å²) in [6.07, 6.45) is 0.678. The molecule has 0 spiro atoms. The first kappa shape index (κ1) is 9.44. The topological polar surface area (TPSA) is 35.2 Å². The van der Waals surface area contributed by atoms with Crippen LogP contribution in [0.5, 0.6) is 0 Å². The molecule has 3 heteroatoms. The Morgan fingerprint density at radius 3 is 2.33 bits per heavy atom. The molecular weight excluding hydrogens is 166 g/mol. The Kier molecular flexibility index (Phi) is 3.03. The molecule has 1 aromatic rings. The van der Waals surface area contributed by atoms with Crippen LogP contribution < -0.4 is 11.1 Å². The quantitative estimate of drug-likeness (QED) is 0.558. The maximum Gasteiger partial charge on any atom is 0.112 e. The van der Waals surface area contributed by atoms with Crippen LogP contribution in [0.15, 0.2) is 30.3 Å². The number of hydrogen-bond acceptors (Lipinski definition) is 2. The van der Waals surface area contributed by atoms with Crippen LogP contribution in [0.3, 0.4) is 0 Å². The lowest BCUT2D eigenvalue weighted by atomic mass is 10.4. The first-order valence-corrected chi connectivity index (χ1v) is 7.25. The highest BCUT2D eigenvalue weighted by molar-refractivity contribution is 6.89. The van der Waals surface area contributed by atoms with Gasteiger partial charge in [-0.25, -0.2) is 5.90 Å². The summed E-state index contributed by atoms with van der Waals surface area (Å²) >= 11 is 0. The molecule has 0 aliphatic rings. The van der Waals surface area contributed by atoms with Crippen LogP contribution in [0.25, 0.3) is 0 Å². The molecule has 0 atom stereocenters. The fraction of sp³-hybridized carbons (Fsp3) is 0.333. The lowest BCUT2D eigenvalue weighted by molar-refractivity contribution is 0.180. The molecule has 1 aromatic carbocycles. The molecule has 0 bridgehead atoms. The van der Waals surface area contributed by atoms with Gasteiger partial charge in [0.15, 0.2) is 0 Å². The third-order valence-electron chi connectivity index (χ3n) is 2.00. The van der Waals surface area contributed by atoms with Crippen LogP contribution in [0.2, 0.25) is 13.1 Å². The minimum atomic E-state index is -1.43. The fourth-order valence-electron chi connectivity index (χ4n) is 1.18. The maximum atomic E-state index is 5.09. The molecule has 66 valence electrons. The summed E-state index contributed by atoms with van der Waals surface area (Å²) in [5.41, 5.74) is 0. The molecule has 0 radical (unpaired) electrons. The van der Waals surface area contributed by atoms with Crippen molar-refractivity contribution in [2.75, 3.05) is 6.23 Å². The Bertz CT molecular complexity index is 236. The molecule has 0 unspecified atom stereocenters. The van der Waals surface area contributed by atoms with Crippen molar-refractivity contribution in [3.63, 3.8) is 0 Å². The van der Waals surface area contributed by atoms with Crippen LogP contribution in [-0.2, 0) is 4.84 Å². The van der Waals surface area contributed by atoms with Gasteiger partial charge in [-0.15, -0.1) is 0 Å². The fourth-order valence-corrected chi connectivity index (χ4v) is 2.86. The highest BCUT2D eigenvalue weighted by atomic mass is 28.3. The van der Waals surface area contributed by atoms with Gasteiger partial charge in [-0.2, -0.15) is 0 Å². The third-order valence-corrected chi connectivity index (χ3v) is 4.78. The molecule has 0 fully saturated rings. The van der Waals surface area contributed by atoms with Crippen LogP contribution in [0.4, 0.5) is 0 Å². The first-order chi connectivity index (χ1) is 5.67. The van der Waals surface area contributed by atoms with Crippen LogP contribution >= 0.6 is 0 Å². The zero-order valence-electron chi connectivity index (χ0n) is 7.58. The Morgan fingerprint density at radius 2 is 1.83 bits per heavy atom. The average Bonchev–Trinajstić information content (AvgIpc) is 2.06. The van der Waals surface area contributed by atoms with Crippen molar-refractivity contribution in [3.05, 3.63) is 30.3 Å². The largest absolute Gasteiger partial charge is 0.308 e. The highest BCUT2D eigenvalue weighted by Gasteiger charge is 2.22. The predicted molar refractivity (Wildman–Crippen MR) is 53.7 cm³/mol. The molecule has 2 nitrogen and oxygen atoms in total. The molecule has 0 amide bonds. The number of benzene rings is 1. The van der Waals surface area contributed by atoms with Crippen molar-refractivity contribution in [3.8, 4) is 0 Å². The van der Waals surface area contributed by atoms with Gasteiger partial charge in [0.05, 0.1) is 6.23 Å². The predicted octanol–water partition coefficient (Wildman–Crippen LogP) is 1.03. The zero-order chi connectivity index (χ0) is 9.03. The van der Waals surface area contributed by atoms with Gasteiger partial charge in [-0.1, -0.05) is 48.6 Å². The van der Waals surface area contributed by atoms with Gasteiger partial charge in [-0.05, 0) is 0 Å². The normalized spacial score (nSPS) is 11.6. The SMILES string of the molecule is C[Si](C)(CON)c1ccccc1. The summed E-state index contributed by atoms with van der Waals surface area (Å²) in [5, 5.41) is 1.38. The monoisotopic (exact) mass is 181 g/mol. The van der Waals surface area contributed by atoms with Gasteiger partial charge >= 0.3 is 0 Å². The molecule has 0 saturated carbocycles. The standard InChI is InChI=1S/C9H15NOSi/c1-12(2,8-11-10)9-6-4-3-5-7-9/h3-7H,8,10H2,1-2H3. The Morgan fingerprint density at radius 1 is 1.25 bits per heavy atom. The van der Waals surface area contributed by atoms with E-state index >= 15 is 0 Å². The minimum Gasteiger partial charge on any atom is -0.308 e. The van der Waals surface area contributed by atoms with E-state index in [1.807, 2.05) is 6.07 Å². The molecule has 0 heterocycles. The lowest BCUT2D eigenvalue weighted by Crippen LogP contribution is -2.47. The smallest absolute Gasteiger partial charge is 0.112 e. The molecule has 0 saturated heterocycles.